The lowest BCUT2D eigenvalue weighted by molar-refractivity contribution is -0.111. The third kappa shape index (κ3) is 0.838. The molecule has 1 aliphatic heterocycles. The van der Waals surface area contributed by atoms with E-state index in [9.17, 15) is 9.59 Å². The van der Waals surface area contributed by atoms with Crippen molar-refractivity contribution in [2.75, 3.05) is 0 Å². The Hall–Kier alpha value is -0.510. The Balaban J connectivity index is 2.64. The van der Waals surface area contributed by atoms with E-state index in [1.165, 1.54) is 0 Å². The summed E-state index contributed by atoms with van der Waals surface area (Å²) in [6, 6.07) is -0.285. The van der Waals surface area contributed by atoms with Gasteiger partial charge in [-0.2, -0.15) is 0 Å². The molecule has 3 nitrogen and oxygen atoms in total. The van der Waals surface area contributed by atoms with Crippen LogP contribution in [0.5, 0.6) is 0 Å². The number of nitrogens with one attached hydrogen (secondary N) is 1. The van der Waals surface area contributed by atoms with Crippen LogP contribution in [0.4, 0.5) is 4.79 Å². The minimum atomic E-state index is -0.285. The predicted octanol–water partition coefficient (Wildman–Crippen LogP) is 0.358. The first-order chi connectivity index (χ1) is 3.70. The van der Waals surface area contributed by atoms with Gasteiger partial charge in [0.1, 0.15) is 0 Å². The normalized spacial score (nSPS) is 28.4. The zero-order chi connectivity index (χ0) is 6.15. The van der Waals surface area contributed by atoms with Gasteiger partial charge in [-0.15, -0.1) is 0 Å². The molecule has 1 amide bonds. The van der Waals surface area contributed by atoms with Crippen LogP contribution in [0.2, 0.25) is 0 Å². The van der Waals surface area contributed by atoms with Crippen molar-refractivity contribution in [3.05, 3.63) is 0 Å². The molecule has 1 heterocycles. The van der Waals surface area contributed by atoms with Crippen LogP contribution in [0.15, 0.2) is 0 Å². The molecule has 1 rings (SSSR count). The lowest BCUT2D eigenvalue weighted by Crippen LogP contribution is -2.24. The molecule has 1 saturated heterocycles. The molecule has 0 unspecified atom stereocenters. The van der Waals surface area contributed by atoms with Crippen LogP contribution >= 0.6 is 11.8 Å². The quantitative estimate of drug-likeness (QED) is 0.516. The molecule has 0 radical (unpaired) electrons. The summed E-state index contributed by atoms with van der Waals surface area (Å²) in [6.45, 7) is 1.67. The highest BCUT2D eigenvalue weighted by Gasteiger charge is 2.26. The monoisotopic (exact) mass is 131 g/mol. The fourth-order valence-corrected chi connectivity index (χ4v) is 1.10. The molecule has 0 spiro atoms. The molecule has 44 valence electrons. The molecule has 8 heavy (non-hydrogen) atoms. The number of rotatable bonds is 0. The molecule has 0 aromatic heterocycles. The summed E-state index contributed by atoms with van der Waals surface area (Å²) in [5, 5.41) is 2.12. The van der Waals surface area contributed by atoms with Crippen molar-refractivity contribution >= 4 is 22.1 Å². The standard InChI is InChI=1S/C4H5NO2S/c1-2-3(6)8-4(7)5-2/h2H,1H3,(H,5,7)/t2-/m0/s1. The van der Waals surface area contributed by atoms with E-state index in [0.717, 1.165) is 11.8 Å². The van der Waals surface area contributed by atoms with E-state index in [2.05, 4.69) is 5.32 Å². The Morgan fingerprint density at radius 1 is 1.62 bits per heavy atom. The molecule has 0 aromatic rings. The third-order valence-electron chi connectivity index (χ3n) is 0.881. The third-order valence-corrected chi connectivity index (χ3v) is 1.74. The second-order valence-electron chi connectivity index (χ2n) is 1.57. The number of thioether (sulfide) groups is 1. The summed E-state index contributed by atoms with van der Waals surface area (Å²) in [4.78, 5) is 20.8. The van der Waals surface area contributed by atoms with Crippen molar-refractivity contribution in [2.45, 2.75) is 13.0 Å². The smallest absolute Gasteiger partial charge is 0.287 e. The minimum absolute atomic E-state index is 0.0880. The lowest BCUT2D eigenvalue weighted by atomic mass is 10.4. The van der Waals surface area contributed by atoms with Gasteiger partial charge in [-0.05, 0) is 6.92 Å². The van der Waals surface area contributed by atoms with E-state index in [-0.39, 0.29) is 16.4 Å². The van der Waals surface area contributed by atoms with Crippen molar-refractivity contribution in [2.24, 2.45) is 0 Å². The van der Waals surface area contributed by atoms with Gasteiger partial charge in [0.25, 0.3) is 5.24 Å². The Morgan fingerprint density at radius 3 is 2.38 bits per heavy atom. The molecule has 1 N–H and O–H groups in total. The van der Waals surface area contributed by atoms with Crippen molar-refractivity contribution in [1.29, 1.82) is 0 Å². The first-order valence-corrected chi connectivity index (χ1v) is 3.04. The van der Waals surface area contributed by atoms with E-state index >= 15 is 0 Å². The molecule has 1 fully saturated rings. The molecule has 0 bridgehead atoms. The molecule has 1 atom stereocenters. The SMILES string of the molecule is C[C@@H]1NC(=O)SC1=O. The van der Waals surface area contributed by atoms with Crippen LogP contribution in [0.25, 0.3) is 0 Å². The fraction of sp³-hybridized carbons (Fsp3) is 0.500. The molecule has 0 aromatic carbocycles. The average Bonchev–Trinajstić information content (AvgIpc) is 1.85. The van der Waals surface area contributed by atoms with E-state index in [1.54, 1.807) is 6.92 Å². The van der Waals surface area contributed by atoms with Crippen LogP contribution in [0.3, 0.4) is 0 Å². The molecule has 0 saturated carbocycles. The van der Waals surface area contributed by atoms with E-state index in [4.69, 9.17) is 0 Å². The van der Waals surface area contributed by atoms with Crippen LogP contribution < -0.4 is 5.32 Å². The van der Waals surface area contributed by atoms with Crippen molar-refractivity contribution in [1.82, 2.24) is 5.32 Å². The summed E-state index contributed by atoms with van der Waals surface area (Å²) >= 11 is 0.740. The number of amides is 1. The van der Waals surface area contributed by atoms with Gasteiger partial charge in [0.2, 0.25) is 5.12 Å². The molecular weight excluding hydrogens is 126 g/mol. The Bertz CT molecular complexity index is 145. The van der Waals surface area contributed by atoms with Gasteiger partial charge in [0.15, 0.2) is 0 Å². The molecule has 4 heteroatoms. The highest BCUT2D eigenvalue weighted by molar-refractivity contribution is 8.26. The zero-order valence-corrected chi connectivity index (χ0v) is 5.12. The van der Waals surface area contributed by atoms with E-state index in [1.807, 2.05) is 0 Å². The maximum atomic E-state index is 10.5. The maximum Gasteiger partial charge on any atom is 0.287 e. The van der Waals surface area contributed by atoms with Gasteiger partial charge in [-0.3, -0.25) is 9.59 Å². The predicted molar refractivity (Wildman–Crippen MR) is 30.6 cm³/mol. The summed E-state index contributed by atoms with van der Waals surface area (Å²) in [5.41, 5.74) is 0. The van der Waals surface area contributed by atoms with Crippen molar-refractivity contribution in [3.8, 4) is 0 Å². The first-order valence-electron chi connectivity index (χ1n) is 2.22. The Labute approximate surface area is 50.8 Å². The van der Waals surface area contributed by atoms with Crippen LogP contribution in [-0.2, 0) is 4.79 Å². The van der Waals surface area contributed by atoms with E-state index in [0.29, 0.717) is 0 Å². The summed E-state index contributed by atoms with van der Waals surface area (Å²) in [6.07, 6.45) is 0. The fourth-order valence-electron chi connectivity index (χ4n) is 0.445. The van der Waals surface area contributed by atoms with Gasteiger partial charge in [0, 0.05) is 11.8 Å². The second kappa shape index (κ2) is 1.78. The number of carbonyl (C=O) groups is 2. The highest BCUT2D eigenvalue weighted by atomic mass is 32.2. The van der Waals surface area contributed by atoms with Gasteiger partial charge < -0.3 is 5.32 Å². The summed E-state index contributed by atoms with van der Waals surface area (Å²) in [5.74, 6) is 0. The van der Waals surface area contributed by atoms with Crippen LogP contribution in [-0.4, -0.2) is 16.4 Å². The van der Waals surface area contributed by atoms with Gasteiger partial charge >= 0.3 is 0 Å². The largest absolute Gasteiger partial charge is 0.336 e. The minimum Gasteiger partial charge on any atom is -0.336 e. The zero-order valence-electron chi connectivity index (χ0n) is 4.30. The molecule has 1 aliphatic rings. The summed E-state index contributed by atoms with van der Waals surface area (Å²) in [7, 11) is 0. The van der Waals surface area contributed by atoms with Crippen molar-refractivity contribution < 1.29 is 9.59 Å². The molecule has 0 aliphatic carbocycles. The number of carbonyl (C=O) groups excluding carboxylic acids is 2. The highest BCUT2D eigenvalue weighted by Crippen LogP contribution is 2.13. The van der Waals surface area contributed by atoms with Crippen molar-refractivity contribution in [3.63, 3.8) is 0 Å². The van der Waals surface area contributed by atoms with Gasteiger partial charge in [-0.1, -0.05) is 0 Å². The first kappa shape index (κ1) is 5.62. The molecular formula is C4H5NO2S. The van der Waals surface area contributed by atoms with Crippen LogP contribution in [0, 0.1) is 0 Å². The number of hydrogen-bond donors (Lipinski definition) is 1. The number of hydrogen-bond acceptors (Lipinski definition) is 3. The Morgan fingerprint density at radius 2 is 2.25 bits per heavy atom. The summed E-state index contributed by atoms with van der Waals surface area (Å²) < 4.78 is 0. The lowest BCUT2D eigenvalue weighted by Gasteiger charge is -1.92. The average molecular weight is 131 g/mol. The van der Waals surface area contributed by atoms with Crippen LogP contribution in [0.1, 0.15) is 6.92 Å². The van der Waals surface area contributed by atoms with Gasteiger partial charge in [0.05, 0.1) is 6.04 Å². The topological polar surface area (TPSA) is 46.2 Å². The van der Waals surface area contributed by atoms with E-state index < -0.39 is 0 Å². The Kier molecular flexibility index (Phi) is 1.25. The van der Waals surface area contributed by atoms with Gasteiger partial charge in [-0.25, -0.2) is 0 Å². The second-order valence-corrected chi connectivity index (χ2v) is 2.55. The maximum absolute atomic E-state index is 10.5.